The first-order valence-corrected chi connectivity index (χ1v) is 8.57. The highest BCUT2D eigenvalue weighted by molar-refractivity contribution is 7.67. The lowest BCUT2D eigenvalue weighted by Gasteiger charge is -2.29. The molecule has 4 nitrogen and oxygen atoms in total. The molecule has 0 aliphatic rings. The lowest BCUT2D eigenvalue weighted by Crippen LogP contribution is -2.25. The molecule has 2 aromatic carbocycles. The Balaban J connectivity index is 2.99. The average molecular weight is 308 g/mol. The quantitative estimate of drug-likeness (QED) is 0.586. The number of phenols is 2. The predicted octanol–water partition coefficient (Wildman–Crippen LogP) is 3.51. The zero-order valence-corrected chi connectivity index (χ0v) is 13.6. The molecule has 2 aromatic rings. The van der Waals surface area contributed by atoms with Gasteiger partial charge in [-0.25, -0.2) is 0 Å². The number of hydrogen-bond donors (Lipinski definition) is 3. The summed E-state index contributed by atoms with van der Waals surface area (Å²) in [6.45, 7) is 6.74. The Hall–Kier alpha value is -1.51. The smallest absolute Gasteiger partial charge is 0.238 e. The topological polar surface area (TPSA) is 77.8 Å². The van der Waals surface area contributed by atoms with Gasteiger partial charge in [-0.05, 0) is 6.42 Å². The molecule has 0 heterocycles. The minimum atomic E-state index is -3.86. The van der Waals surface area contributed by atoms with Gasteiger partial charge in [0.15, 0.2) is 0 Å². The fourth-order valence-electron chi connectivity index (χ4n) is 2.44. The Labute approximate surface area is 124 Å². The molecule has 1 unspecified atom stereocenters. The number of benzene rings is 2. The second kappa shape index (κ2) is 5.04. The van der Waals surface area contributed by atoms with Gasteiger partial charge in [-0.1, -0.05) is 52.0 Å². The van der Waals surface area contributed by atoms with E-state index in [2.05, 4.69) is 0 Å². The van der Waals surface area contributed by atoms with Crippen molar-refractivity contribution in [2.24, 2.45) is 0 Å². The minimum absolute atomic E-state index is 0.0197. The molecule has 0 bridgehead atoms. The maximum Gasteiger partial charge on any atom is 0.238 e. The van der Waals surface area contributed by atoms with E-state index in [1.807, 2.05) is 0 Å². The molecule has 0 aliphatic heterocycles. The molecule has 0 amide bonds. The van der Waals surface area contributed by atoms with Gasteiger partial charge in [0.1, 0.15) is 11.5 Å². The van der Waals surface area contributed by atoms with E-state index in [9.17, 15) is 19.7 Å². The number of hydrogen-bond acceptors (Lipinski definition) is 3. The Kier molecular flexibility index (Phi) is 3.81. The van der Waals surface area contributed by atoms with Crippen molar-refractivity contribution in [3.05, 3.63) is 29.8 Å². The molecule has 0 aliphatic carbocycles. The predicted molar refractivity (Wildman–Crippen MR) is 85.9 cm³/mol. The summed E-state index contributed by atoms with van der Waals surface area (Å²) in [6.07, 6.45) is 0.361. The van der Waals surface area contributed by atoms with Crippen molar-refractivity contribution in [3.8, 4) is 11.5 Å². The summed E-state index contributed by atoms with van der Waals surface area (Å²) in [5, 5.41) is 20.9. The normalized spacial score (nSPS) is 15.1. The SMILES string of the molecule is CCc1c(P(=O)(O)C(C)(C)C)c(O)c2ccccc2c1O. The van der Waals surface area contributed by atoms with Crippen molar-refractivity contribution in [1.82, 2.24) is 0 Å². The van der Waals surface area contributed by atoms with Crippen LogP contribution < -0.4 is 5.30 Å². The lowest BCUT2D eigenvalue weighted by molar-refractivity contribution is 0.446. The minimum Gasteiger partial charge on any atom is -0.507 e. The van der Waals surface area contributed by atoms with Gasteiger partial charge in [0.2, 0.25) is 7.37 Å². The van der Waals surface area contributed by atoms with Gasteiger partial charge in [-0.3, -0.25) is 4.57 Å². The first kappa shape index (κ1) is 15.9. The molecule has 114 valence electrons. The van der Waals surface area contributed by atoms with Crippen LogP contribution in [0.3, 0.4) is 0 Å². The van der Waals surface area contributed by atoms with Crippen LogP contribution in [0, 0.1) is 0 Å². The van der Waals surface area contributed by atoms with E-state index in [4.69, 9.17) is 0 Å². The van der Waals surface area contributed by atoms with Crippen molar-refractivity contribution in [1.29, 1.82) is 0 Å². The standard InChI is InChI=1S/C16H21O4P/c1-5-10-13(17)11-8-6-7-9-12(11)14(18)15(10)21(19,20)16(2,3)4/h6-9,17-18H,5H2,1-4H3,(H,19,20). The third-order valence-corrected chi connectivity index (χ3v) is 6.71. The van der Waals surface area contributed by atoms with Crippen molar-refractivity contribution >= 4 is 23.4 Å². The second-order valence-electron chi connectivity index (χ2n) is 6.17. The van der Waals surface area contributed by atoms with Crippen molar-refractivity contribution in [3.63, 3.8) is 0 Å². The van der Waals surface area contributed by atoms with E-state index < -0.39 is 12.5 Å². The molecule has 0 spiro atoms. The van der Waals surface area contributed by atoms with E-state index in [0.717, 1.165) is 0 Å². The summed E-state index contributed by atoms with van der Waals surface area (Å²) in [4.78, 5) is 10.6. The Bertz CT molecular complexity index is 744. The van der Waals surface area contributed by atoms with Gasteiger partial charge in [-0.15, -0.1) is 0 Å². The van der Waals surface area contributed by atoms with E-state index in [1.165, 1.54) is 0 Å². The molecule has 1 atom stereocenters. The third kappa shape index (κ3) is 2.33. The highest BCUT2D eigenvalue weighted by Crippen LogP contribution is 2.57. The van der Waals surface area contributed by atoms with Crippen LogP contribution in [-0.4, -0.2) is 20.3 Å². The number of fused-ring (bicyclic) bond motifs is 1. The highest BCUT2D eigenvalue weighted by Gasteiger charge is 2.41. The zero-order valence-electron chi connectivity index (χ0n) is 12.7. The molecule has 21 heavy (non-hydrogen) atoms. The zero-order chi connectivity index (χ0) is 16.0. The van der Waals surface area contributed by atoms with Gasteiger partial charge in [-0.2, -0.15) is 0 Å². The molecule has 3 N–H and O–H groups in total. The van der Waals surface area contributed by atoms with E-state index in [-0.39, 0.29) is 16.8 Å². The summed E-state index contributed by atoms with van der Waals surface area (Å²) in [5.41, 5.74) is 0.340. The number of rotatable bonds is 2. The number of phenolic OH excluding ortho intramolecular Hbond substituents is 2. The largest absolute Gasteiger partial charge is 0.507 e. The van der Waals surface area contributed by atoms with Crippen LogP contribution in [0.5, 0.6) is 11.5 Å². The summed E-state index contributed by atoms with van der Waals surface area (Å²) >= 11 is 0. The molecular weight excluding hydrogens is 287 g/mol. The summed E-state index contributed by atoms with van der Waals surface area (Å²) in [6, 6.07) is 6.79. The molecule has 0 radical (unpaired) electrons. The van der Waals surface area contributed by atoms with Gasteiger partial charge < -0.3 is 15.1 Å². The van der Waals surface area contributed by atoms with Crippen molar-refractivity contribution in [2.45, 2.75) is 39.3 Å². The fraction of sp³-hybridized carbons (Fsp3) is 0.375. The molecular formula is C16H21O4P. The van der Waals surface area contributed by atoms with Crippen LogP contribution in [0.4, 0.5) is 0 Å². The summed E-state index contributed by atoms with van der Waals surface area (Å²) in [5.74, 6) is -0.236. The maximum absolute atomic E-state index is 12.9. The van der Waals surface area contributed by atoms with Gasteiger partial charge >= 0.3 is 0 Å². The molecule has 2 rings (SSSR count). The lowest BCUT2D eigenvalue weighted by atomic mass is 10.0. The van der Waals surface area contributed by atoms with Crippen LogP contribution in [-0.2, 0) is 11.0 Å². The van der Waals surface area contributed by atoms with Crippen LogP contribution in [0.15, 0.2) is 24.3 Å². The second-order valence-corrected chi connectivity index (χ2v) is 9.11. The van der Waals surface area contributed by atoms with Crippen LogP contribution >= 0.6 is 7.37 Å². The van der Waals surface area contributed by atoms with Gasteiger partial charge in [0, 0.05) is 21.5 Å². The van der Waals surface area contributed by atoms with Crippen LogP contribution in [0.25, 0.3) is 10.8 Å². The van der Waals surface area contributed by atoms with Crippen molar-refractivity contribution in [2.75, 3.05) is 0 Å². The average Bonchev–Trinajstić information content (AvgIpc) is 2.41. The third-order valence-electron chi connectivity index (χ3n) is 3.80. The molecule has 0 saturated carbocycles. The molecule has 5 heteroatoms. The van der Waals surface area contributed by atoms with E-state index >= 15 is 0 Å². The van der Waals surface area contributed by atoms with Crippen molar-refractivity contribution < 1.29 is 19.7 Å². The molecule has 0 aromatic heterocycles. The molecule has 0 fully saturated rings. The van der Waals surface area contributed by atoms with Crippen LogP contribution in [0.2, 0.25) is 0 Å². The first-order valence-electron chi connectivity index (χ1n) is 6.92. The maximum atomic E-state index is 12.9. The number of aromatic hydroxyl groups is 2. The Morgan fingerprint density at radius 3 is 1.95 bits per heavy atom. The van der Waals surface area contributed by atoms with E-state index in [1.54, 1.807) is 52.0 Å². The van der Waals surface area contributed by atoms with Crippen LogP contribution in [0.1, 0.15) is 33.3 Å². The molecule has 0 saturated heterocycles. The van der Waals surface area contributed by atoms with Gasteiger partial charge in [0.05, 0.1) is 5.30 Å². The Morgan fingerprint density at radius 2 is 1.52 bits per heavy atom. The summed E-state index contributed by atoms with van der Waals surface area (Å²) < 4.78 is 12.9. The monoisotopic (exact) mass is 308 g/mol. The Morgan fingerprint density at radius 1 is 1.05 bits per heavy atom. The van der Waals surface area contributed by atoms with E-state index in [0.29, 0.717) is 22.8 Å². The summed E-state index contributed by atoms with van der Waals surface area (Å²) in [7, 11) is -3.86. The highest BCUT2D eigenvalue weighted by atomic mass is 31.2. The van der Waals surface area contributed by atoms with Gasteiger partial charge in [0.25, 0.3) is 0 Å². The fourth-order valence-corrected chi connectivity index (χ4v) is 4.15. The first-order chi connectivity index (χ1) is 9.63.